The summed E-state index contributed by atoms with van der Waals surface area (Å²) in [6, 6.07) is 9.19. The zero-order valence-corrected chi connectivity index (χ0v) is 21.3. The smallest absolute Gasteiger partial charge is 0.341 e. The number of thiophene rings is 1. The van der Waals surface area contributed by atoms with Crippen LogP contribution in [0, 0.1) is 22.7 Å². The van der Waals surface area contributed by atoms with Gasteiger partial charge in [-0.1, -0.05) is 39.8 Å². The van der Waals surface area contributed by atoms with Crippen LogP contribution in [0.5, 0.6) is 5.75 Å². The maximum atomic E-state index is 13.0. The fourth-order valence-electron chi connectivity index (χ4n) is 4.10. The highest BCUT2D eigenvalue weighted by molar-refractivity contribution is 7.17. The largest absolute Gasteiger partial charge is 0.494 e. The summed E-state index contributed by atoms with van der Waals surface area (Å²) in [7, 11) is 1.34. The number of fused-ring (bicyclic) bond motifs is 1. The summed E-state index contributed by atoms with van der Waals surface area (Å²) >= 11 is 1.41. The Kier molecular flexibility index (Phi) is 8.16. The number of nitrogens with zero attached hydrogens (tertiary/aromatic N) is 1. The van der Waals surface area contributed by atoms with E-state index < -0.39 is 11.9 Å². The molecule has 1 aromatic heterocycles. The third-order valence-electron chi connectivity index (χ3n) is 6.14. The number of anilines is 1. The molecule has 6 nitrogen and oxygen atoms in total. The van der Waals surface area contributed by atoms with Crippen LogP contribution in [0.4, 0.5) is 5.00 Å². The van der Waals surface area contributed by atoms with E-state index in [2.05, 4.69) is 26.1 Å². The highest BCUT2D eigenvalue weighted by atomic mass is 32.1. The standard InChI is InChI=1S/C27H32N2O4S/c1-6-13-33-20-10-7-17(8-11-20)14-18(16-28)24(30)29-25-23(26(31)32-5)21-12-9-19(27(2,3)4)15-22(21)34-25/h7-8,10-11,14,19H,6,9,12-13,15H2,1-5H3,(H,29,30). The zero-order valence-electron chi connectivity index (χ0n) is 20.5. The topological polar surface area (TPSA) is 88.4 Å². The van der Waals surface area contributed by atoms with Gasteiger partial charge in [-0.15, -0.1) is 11.3 Å². The molecule has 1 N–H and O–H groups in total. The molecule has 3 rings (SSSR count). The number of esters is 1. The Morgan fingerprint density at radius 2 is 1.97 bits per heavy atom. The lowest BCUT2D eigenvalue weighted by Gasteiger charge is -2.33. The number of benzene rings is 1. The monoisotopic (exact) mass is 480 g/mol. The van der Waals surface area contributed by atoms with Crippen LogP contribution < -0.4 is 10.1 Å². The summed E-state index contributed by atoms with van der Waals surface area (Å²) in [4.78, 5) is 26.7. The van der Waals surface area contributed by atoms with Crippen molar-refractivity contribution in [2.45, 2.75) is 53.4 Å². The predicted molar refractivity (Wildman–Crippen MR) is 135 cm³/mol. The quantitative estimate of drug-likeness (QED) is 0.297. The van der Waals surface area contributed by atoms with Crippen LogP contribution in [-0.2, 0) is 22.4 Å². The van der Waals surface area contributed by atoms with E-state index in [-0.39, 0.29) is 11.0 Å². The first-order chi connectivity index (χ1) is 16.2. The van der Waals surface area contributed by atoms with Crippen molar-refractivity contribution in [3.8, 4) is 11.8 Å². The molecule has 1 aromatic carbocycles. The van der Waals surface area contributed by atoms with Gasteiger partial charge in [-0.2, -0.15) is 5.26 Å². The number of hydrogen-bond donors (Lipinski definition) is 1. The number of methoxy groups -OCH3 is 1. The summed E-state index contributed by atoms with van der Waals surface area (Å²) in [5.41, 5.74) is 2.19. The van der Waals surface area contributed by atoms with Crippen molar-refractivity contribution in [1.29, 1.82) is 5.26 Å². The van der Waals surface area contributed by atoms with E-state index in [4.69, 9.17) is 9.47 Å². The summed E-state index contributed by atoms with van der Waals surface area (Å²) < 4.78 is 10.6. The molecule has 0 spiro atoms. The molecule has 0 saturated carbocycles. The van der Waals surface area contributed by atoms with Gasteiger partial charge in [0, 0.05) is 4.88 Å². The van der Waals surface area contributed by atoms with Gasteiger partial charge in [0.1, 0.15) is 22.4 Å². The molecular weight excluding hydrogens is 448 g/mol. The maximum absolute atomic E-state index is 13.0. The molecule has 1 amide bonds. The van der Waals surface area contributed by atoms with Gasteiger partial charge in [-0.25, -0.2) is 4.79 Å². The number of carbonyl (C=O) groups excluding carboxylic acids is 2. The van der Waals surface area contributed by atoms with E-state index in [0.29, 0.717) is 28.7 Å². The minimum absolute atomic E-state index is 0.0445. The number of amides is 1. The molecule has 0 bridgehead atoms. The summed E-state index contributed by atoms with van der Waals surface area (Å²) in [5.74, 6) is 0.214. The second-order valence-electron chi connectivity index (χ2n) is 9.55. The van der Waals surface area contributed by atoms with Crippen LogP contribution in [-0.4, -0.2) is 25.6 Å². The van der Waals surface area contributed by atoms with Crippen LogP contribution in [0.3, 0.4) is 0 Å². The Bertz CT molecular complexity index is 1120. The van der Waals surface area contributed by atoms with Crippen molar-refractivity contribution in [3.05, 3.63) is 51.4 Å². The lowest BCUT2D eigenvalue weighted by molar-refractivity contribution is -0.112. The second kappa shape index (κ2) is 10.9. The van der Waals surface area contributed by atoms with Crippen molar-refractivity contribution < 1.29 is 19.1 Å². The Balaban J connectivity index is 1.85. The van der Waals surface area contributed by atoms with Gasteiger partial charge in [0.05, 0.1) is 19.3 Å². The number of ether oxygens (including phenoxy) is 2. The molecule has 0 fully saturated rings. The van der Waals surface area contributed by atoms with Crippen molar-refractivity contribution in [2.75, 3.05) is 19.0 Å². The number of nitrogens with one attached hydrogen (secondary N) is 1. The van der Waals surface area contributed by atoms with Crippen molar-refractivity contribution in [2.24, 2.45) is 11.3 Å². The molecule has 7 heteroatoms. The molecule has 0 radical (unpaired) electrons. The number of nitriles is 1. The maximum Gasteiger partial charge on any atom is 0.341 e. The predicted octanol–water partition coefficient (Wildman–Crippen LogP) is 6.02. The van der Waals surface area contributed by atoms with Crippen LogP contribution >= 0.6 is 11.3 Å². The highest BCUT2D eigenvalue weighted by Gasteiger charge is 2.34. The van der Waals surface area contributed by atoms with Gasteiger partial charge < -0.3 is 14.8 Å². The molecule has 1 aliphatic rings. The Morgan fingerprint density at radius 1 is 1.26 bits per heavy atom. The van der Waals surface area contributed by atoms with Crippen molar-refractivity contribution >= 4 is 34.3 Å². The highest BCUT2D eigenvalue weighted by Crippen LogP contribution is 2.44. The van der Waals surface area contributed by atoms with Gasteiger partial charge >= 0.3 is 5.97 Å². The third kappa shape index (κ3) is 5.87. The first kappa shape index (κ1) is 25.5. The SMILES string of the molecule is CCCOc1ccc(C=C(C#N)C(=O)Nc2sc3c(c2C(=O)OC)CCC(C(C)(C)C)C3)cc1. The summed E-state index contributed by atoms with van der Waals surface area (Å²) in [6.07, 6.45) is 5.04. The first-order valence-electron chi connectivity index (χ1n) is 11.6. The average molecular weight is 481 g/mol. The van der Waals surface area contributed by atoms with E-state index in [1.165, 1.54) is 24.5 Å². The number of hydrogen-bond acceptors (Lipinski definition) is 6. The van der Waals surface area contributed by atoms with Crippen molar-refractivity contribution in [3.63, 3.8) is 0 Å². The van der Waals surface area contributed by atoms with Crippen molar-refractivity contribution in [1.82, 2.24) is 0 Å². The zero-order chi connectivity index (χ0) is 24.9. The van der Waals surface area contributed by atoms with E-state index in [1.807, 2.05) is 25.1 Å². The van der Waals surface area contributed by atoms with E-state index in [9.17, 15) is 14.9 Å². The molecule has 0 aliphatic heterocycles. The molecule has 1 heterocycles. The van der Waals surface area contributed by atoms with Gasteiger partial charge in [0.25, 0.3) is 5.91 Å². The summed E-state index contributed by atoms with van der Waals surface area (Å²) in [5, 5.41) is 12.9. The van der Waals surface area contributed by atoms with Crippen LogP contribution in [0.25, 0.3) is 6.08 Å². The Labute approximate surface area is 205 Å². The average Bonchev–Trinajstić information content (AvgIpc) is 3.17. The van der Waals surface area contributed by atoms with Crippen LogP contribution in [0.1, 0.15) is 66.9 Å². The minimum atomic E-state index is -0.551. The van der Waals surface area contributed by atoms with Gasteiger partial charge in [-0.3, -0.25) is 4.79 Å². The van der Waals surface area contributed by atoms with Gasteiger partial charge in [-0.05, 0) is 66.4 Å². The van der Waals surface area contributed by atoms with Crippen LogP contribution in [0.2, 0.25) is 0 Å². The molecule has 1 aliphatic carbocycles. The molecule has 1 atom stereocenters. The van der Waals surface area contributed by atoms with E-state index in [1.54, 1.807) is 12.1 Å². The first-order valence-corrected chi connectivity index (χ1v) is 12.4. The molecule has 180 valence electrons. The van der Waals surface area contributed by atoms with E-state index in [0.717, 1.165) is 41.9 Å². The Hall–Kier alpha value is -3.11. The normalized spacial score (nSPS) is 15.8. The molecular formula is C27H32N2O4S. The molecule has 34 heavy (non-hydrogen) atoms. The van der Waals surface area contributed by atoms with Gasteiger partial charge in [0.15, 0.2) is 0 Å². The molecule has 1 unspecified atom stereocenters. The fraction of sp³-hybridized carbons (Fsp3) is 0.444. The molecule has 0 saturated heterocycles. The second-order valence-corrected chi connectivity index (χ2v) is 10.7. The lowest BCUT2D eigenvalue weighted by Crippen LogP contribution is -2.26. The minimum Gasteiger partial charge on any atom is -0.494 e. The Morgan fingerprint density at radius 3 is 2.56 bits per heavy atom. The molecule has 2 aromatic rings. The number of rotatable bonds is 7. The fourth-order valence-corrected chi connectivity index (χ4v) is 5.41. The van der Waals surface area contributed by atoms with Gasteiger partial charge in [0.2, 0.25) is 0 Å². The number of carbonyl (C=O) groups is 2. The lowest BCUT2D eigenvalue weighted by atomic mass is 9.72. The van der Waals surface area contributed by atoms with E-state index >= 15 is 0 Å². The summed E-state index contributed by atoms with van der Waals surface area (Å²) in [6.45, 7) is 9.35. The van der Waals surface area contributed by atoms with Crippen LogP contribution in [0.15, 0.2) is 29.8 Å². The third-order valence-corrected chi connectivity index (χ3v) is 7.31.